The molecule has 0 aliphatic heterocycles. The number of hydrogen-bond acceptors (Lipinski definition) is 6. The molecule has 1 atom stereocenters. The molecule has 0 amide bonds. The number of ether oxygens (including phenoxy) is 2. The number of esters is 1. The van der Waals surface area contributed by atoms with Gasteiger partial charge in [-0.2, -0.15) is 0 Å². The maximum Gasteiger partial charge on any atom is 0.313 e. The van der Waals surface area contributed by atoms with E-state index in [9.17, 15) is 9.59 Å². The molecule has 6 nitrogen and oxygen atoms in total. The van der Waals surface area contributed by atoms with Crippen LogP contribution in [0.15, 0.2) is 40.8 Å². The second kappa shape index (κ2) is 21.8. The van der Waals surface area contributed by atoms with Crippen LogP contribution < -0.4 is 10.5 Å². The van der Waals surface area contributed by atoms with Crippen molar-refractivity contribution in [2.45, 2.75) is 102 Å². The molecule has 0 aliphatic carbocycles. The second-order valence-corrected chi connectivity index (χ2v) is 7.69. The monoisotopic (exact) mass is 543 g/mol. The Bertz CT molecular complexity index is 1080. The van der Waals surface area contributed by atoms with E-state index in [1.54, 1.807) is 18.2 Å². The molecule has 0 unspecified atom stereocenters. The zero-order chi connectivity index (χ0) is 30.5. The van der Waals surface area contributed by atoms with E-state index in [-0.39, 0.29) is 18.3 Å². The summed E-state index contributed by atoms with van der Waals surface area (Å²) < 4.78 is 17.0. The van der Waals surface area contributed by atoms with Crippen molar-refractivity contribution in [1.82, 2.24) is 0 Å². The van der Waals surface area contributed by atoms with Crippen molar-refractivity contribution >= 4 is 22.7 Å². The maximum absolute atomic E-state index is 13.6. The summed E-state index contributed by atoms with van der Waals surface area (Å²) in [4.78, 5) is 26.0. The fourth-order valence-electron chi connectivity index (χ4n) is 3.56. The van der Waals surface area contributed by atoms with Crippen molar-refractivity contribution in [2.24, 2.45) is 5.73 Å². The fourth-order valence-corrected chi connectivity index (χ4v) is 3.56. The van der Waals surface area contributed by atoms with Crippen molar-refractivity contribution in [3.8, 4) is 5.75 Å². The Morgan fingerprint density at radius 3 is 1.97 bits per heavy atom. The first-order chi connectivity index (χ1) is 18.8. The Hall–Kier alpha value is -3.12. The molecule has 3 aromatic rings. The minimum Gasteiger partial charge on any atom is -0.492 e. The van der Waals surface area contributed by atoms with E-state index in [0.29, 0.717) is 41.0 Å². The Balaban J connectivity index is 0. The quantitative estimate of drug-likeness (QED) is 0.214. The van der Waals surface area contributed by atoms with Gasteiger partial charge in [0.25, 0.3) is 0 Å². The third kappa shape index (κ3) is 11.3. The third-order valence-corrected chi connectivity index (χ3v) is 5.19. The number of hydrogen-bond donors (Lipinski definition) is 1. The molecule has 0 saturated heterocycles. The summed E-state index contributed by atoms with van der Waals surface area (Å²) in [5.74, 6) is 0.433. The minimum absolute atomic E-state index is 0.101. The number of fused-ring (bicyclic) bond motifs is 1. The normalized spacial score (nSPS) is 10.2. The van der Waals surface area contributed by atoms with Crippen LogP contribution in [0.3, 0.4) is 0 Å². The summed E-state index contributed by atoms with van der Waals surface area (Å²) in [5.41, 5.74) is 8.71. The molecule has 2 N–H and O–H groups in total. The van der Waals surface area contributed by atoms with Gasteiger partial charge in [-0.05, 0) is 56.5 Å². The van der Waals surface area contributed by atoms with Gasteiger partial charge in [-0.3, -0.25) is 9.59 Å². The first-order valence-electron chi connectivity index (χ1n) is 14.5. The largest absolute Gasteiger partial charge is 0.492 e. The highest BCUT2D eigenvalue weighted by atomic mass is 16.5. The van der Waals surface area contributed by atoms with Gasteiger partial charge in [0.1, 0.15) is 30.1 Å². The highest BCUT2D eigenvalue weighted by molar-refractivity contribution is 6.17. The van der Waals surface area contributed by atoms with Gasteiger partial charge in [-0.1, -0.05) is 80.5 Å². The number of rotatable bonds is 9. The van der Waals surface area contributed by atoms with Crippen LogP contribution in [0.25, 0.3) is 11.0 Å². The fraction of sp³-hybridized carbons (Fsp3) is 0.515. The lowest BCUT2D eigenvalue weighted by Gasteiger charge is -2.13. The highest BCUT2D eigenvalue weighted by Crippen LogP contribution is 2.31. The number of furan rings is 1. The van der Waals surface area contributed by atoms with Crippen molar-refractivity contribution < 1.29 is 23.5 Å². The van der Waals surface area contributed by atoms with E-state index in [1.165, 1.54) is 0 Å². The molecule has 0 radical (unpaired) electrons. The zero-order valence-electron chi connectivity index (χ0n) is 26.5. The molecule has 1 aromatic heterocycles. The average Bonchev–Trinajstić information content (AvgIpc) is 3.33. The van der Waals surface area contributed by atoms with E-state index in [2.05, 4.69) is 0 Å². The third-order valence-electron chi connectivity index (χ3n) is 5.19. The van der Waals surface area contributed by atoms with Gasteiger partial charge < -0.3 is 19.6 Å². The van der Waals surface area contributed by atoms with Crippen LogP contribution in [-0.2, 0) is 16.0 Å². The van der Waals surface area contributed by atoms with Gasteiger partial charge in [-0.25, -0.2) is 0 Å². The standard InChI is InChI=1S/C25H29NO5.4C2H6/c1-5-17(4)30-22(27)14-21-23(19-8-6-7-9-20(19)31-21)24(28)18-12-15(2)25(16(3)13-18)29-11-10-26;4*1-2/h6-9,12-13,17H,5,10-11,14,26H2,1-4H3;4*1-2H3/t17-;;;;/m0..../s1. The lowest BCUT2D eigenvalue weighted by atomic mass is 9.96. The van der Waals surface area contributed by atoms with Crippen LogP contribution in [0.1, 0.15) is 108 Å². The molecule has 3 rings (SSSR count). The lowest BCUT2D eigenvalue weighted by molar-refractivity contribution is -0.147. The molecular formula is C33H53NO5. The number of ketones is 1. The van der Waals surface area contributed by atoms with Crippen LogP contribution in [0, 0.1) is 13.8 Å². The summed E-state index contributed by atoms with van der Waals surface area (Å²) in [7, 11) is 0. The summed E-state index contributed by atoms with van der Waals surface area (Å²) >= 11 is 0. The summed E-state index contributed by atoms with van der Waals surface area (Å²) in [5, 5.41) is 0.678. The van der Waals surface area contributed by atoms with Crippen molar-refractivity contribution in [2.75, 3.05) is 13.2 Å². The van der Waals surface area contributed by atoms with E-state index < -0.39 is 5.97 Å². The molecule has 0 saturated carbocycles. The van der Waals surface area contributed by atoms with Crippen LogP contribution in [-0.4, -0.2) is 31.0 Å². The number of aryl methyl sites for hydroxylation is 2. The van der Waals surface area contributed by atoms with Gasteiger partial charge in [0, 0.05) is 17.5 Å². The Morgan fingerprint density at radius 1 is 0.923 bits per heavy atom. The predicted molar refractivity (Wildman–Crippen MR) is 165 cm³/mol. The van der Waals surface area contributed by atoms with Gasteiger partial charge in [0.2, 0.25) is 0 Å². The molecular weight excluding hydrogens is 490 g/mol. The van der Waals surface area contributed by atoms with Gasteiger partial charge in [-0.15, -0.1) is 0 Å². The first-order valence-corrected chi connectivity index (χ1v) is 14.5. The van der Waals surface area contributed by atoms with Gasteiger partial charge in [0.05, 0.1) is 11.7 Å². The van der Waals surface area contributed by atoms with Crippen LogP contribution in [0.2, 0.25) is 0 Å². The second-order valence-electron chi connectivity index (χ2n) is 7.69. The number of carbonyl (C=O) groups excluding carboxylic acids is 2. The summed E-state index contributed by atoms with van der Waals surface area (Å²) in [6, 6.07) is 10.9. The zero-order valence-corrected chi connectivity index (χ0v) is 26.5. The predicted octanol–water partition coefficient (Wildman–Crippen LogP) is 8.61. The number of nitrogens with two attached hydrogens (primary N) is 1. The van der Waals surface area contributed by atoms with Crippen molar-refractivity contribution in [1.29, 1.82) is 0 Å². The molecule has 220 valence electrons. The molecule has 6 heteroatoms. The van der Waals surface area contributed by atoms with Crippen LogP contribution >= 0.6 is 0 Å². The van der Waals surface area contributed by atoms with Gasteiger partial charge >= 0.3 is 5.97 Å². The molecule has 0 bridgehead atoms. The molecule has 39 heavy (non-hydrogen) atoms. The SMILES string of the molecule is CC.CC.CC.CC.CC[C@H](C)OC(=O)Cc1oc2ccccc2c1C(=O)c1cc(C)c(OCCN)c(C)c1. The Labute approximate surface area is 237 Å². The highest BCUT2D eigenvalue weighted by Gasteiger charge is 2.25. The van der Waals surface area contributed by atoms with Crippen LogP contribution in [0.5, 0.6) is 5.75 Å². The van der Waals surface area contributed by atoms with E-state index in [0.717, 1.165) is 23.3 Å². The molecule has 0 fully saturated rings. The Kier molecular flexibility index (Phi) is 21.2. The molecule has 0 spiro atoms. The average molecular weight is 544 g/mol. The van der Waals surface area contributed by atoms with Crippen molar-refractivity contribution in [3.05, 3.63) is 64.4 Å². The number of benzene rings is 2. The Morgan fingerprint density at radius 2 is 1.46 bits per heavy atom. The minimum atomic E-state index is -0.416. The molecule has 0 aliphatic rings. The number of carbonyl (C=O) groups is 2. The summed E-state index contributed by atoms with van der Waals surface area (Å²) in [6.45, 7) is 24.4. The number of para-hydroxylation sites is 1. The van der Waals surface area contributed by atoms with Crippen LogP contribution in [0.4, 0.5) is 0 Å². The maximum atomic E-state index is 13.6. The smallest absolute Gasteiger partial charge is 0.313 e. The summed E-state index contributed by atoms with van der Waals surface area (Å²) in [6.07, 6.45) is 0.423. The molecule has 2 aromatic carbocycles. The van der Waals surface area contributed by atoms with Crippen molar-refractivity contribution in [3.63, 3.8) is 0 Å². The van der Waals surface area contributed by atoms with E-state index >= 15 is 0 Å². The lowest BCUT2D eigenvalue weighted by Crippen LogP contribution is -2.17. The topological polar surface area (TPSA) is 91.8 Å². The van der Waals surface area contributed by atoms with E-state index in [1.807, 2.05) is 101 Å². The van der Waals surface area contributed by atoms with E-state index in [4.69, 9.17) is 19.6 Å². The molecule has 1 heterocycles. The first kappa shape index (κ1) is 38.0. The van der Waals surface area contributed by atoms with Gasteiger partial charge in [0.15, 0.2) is 5.78 Å².